The summed E-state index contributed by atoms with van der Waals surface area (Å²) in [5.41, 5.74) is 0.0686. The van der Waals surface area contributed by atoms with E-state index in [0.717, 1.165) is 24.3 Å². The zero-order valence-corrected chi connectivity index (χ0v) is 8.88. The van der Waals surface area contributed by atoms with E-state index < -0.39 is 23.3 Å². The molecule has 1 nitrogen and oxygen atoms in total. The predicted molar refractivity (Wildman–Crippen MR) is 57.1 cm³/mol. The van der Waals surface area contributed by atoms with Crippen LogP contribution in [-0.2, 0) is 0 Å². The molecular formula is C13H6F4O. The Morgan fingerprint density at radius 1 is 0.778 bits per heavy atom. The molecule has 2 aromatic rings. The molecular weight excluding hydrogens is 248 g/mol. The van der Waals surface area contributed by atoms with Crippen LogP contribution < -0.4 is 0 Å². The lowest BCUT2D eigenvalue weighted by Gasteiger charge is -2.05. The molecule has 0 unspecified atom stereocenters. The van der Waals surface area contributed by atoms with Crippen LogP contribution in [-0.4, -0.2) is 6.29 Å². The first kappa shape index (κ1) is 12.3. The summed E-state index contributed by atoms with van der Waals surface area (Å²) in [6, 6.07) is 4.71. The van der Waals surface area contributed by atoms with Gasteiger partial charge in [0.2, 0.25) is 0 Å². The van der Waals surface area contributed by atoms with E-state index >= 15 is 0 Å². The lowest BCUT2D eigenvalue weighted by molar-refractivity contribution is 0.112. The third-order valence-corrected chi connectivity index (χ3v) is 2.37. The molecule has 92 valence electrons. The van der Waals surface area contributed by atoms with Crippen molar-refractivity contribution >= 4 is 6.29 Å². The maximum Gasteiger partial charge on any atom is 0.194 e. The van der Waals surface area contributed by atoms with Crippen LogP contribution in [0, 0.1) is 23.3 Å². The van der Waals surface area contributed by atoms with Gasteiger partial charge in [-0.25, -0.2) is 17.6 Å². The van der Waals surface area contributed by atoms with Gasteiger partial charge in [0.05, 0.1) is 0 Å². The van der Waals surface area contributed by atoms with Gasteiger partial charge in [0.25, 0.3) is 0 Å². The molecule has 0 radical (unpaired) electrons. The van der Waals surface area contributed by atoms with Gasteiger partial charge in [0, 0.05) is 5.56 Å². The summed E-state index contributed by atoms with van der Waals surface area (Å²) < 4.78 is 52.0. The first-order valence-corrected chi connectivity index (χ1v) is 4.92. The second kappa shape index (κ2) is 4.60. The Hall–Kier alpha value is -2.17. The van der Waals surface area contributed by atoms with E-state index in [9.17, 15) is 22.4 Å². The molecule has 0 aliphatic carbocycles. The summed E-state index contributed by atoms with van der Waals surface area (Å²) in [7, 11) is 0. The van der Waals surface area contributed by atoms with Crippen LogP contribution in [0.25, 0.3) is 11.1 Å². The van der Waals surface area contributed by atoms with Crippen molar-refractivity contribution < 1.29 is 22.4 Å². The van der Waals surface area contributed by atoms with E-state index in [2.05, 4.69) is 0 Å². The highest BCUT2D eigenvalue weighted by molar-refractivity contribution is 5.79. The number of benzene rings is 2. The largest absolute Gasteiger partial charge is 0.298 e. The Labute approximate surface area is 99.7 Å². The third-order valence-electron chi connectivity index (χ3n) is 2.37. The molecule has 0 atom stereocenters. The average molecular weight is 254 g/mol. The number of carbonyl (C=O) groups is 1. The fraction of sp³-hybridized carbons (Fsp3) is 0. The minimum Gasteiger partial charge on any atom is -0.298 e. The van der Waals surface area contributed by atoms with Crippen LogP contribution in [0.3, 0.4) is 0 Å². The maximum atomic E-state index is 13.2. The SMILES string of the molecule is O=Cc1cc(F)cc(-c2cc(F)c(F)c(F)c2)c1. The van der Waals surface area contributed by atoms with Crippen molar-refractivity contribution in [3.63, 3.8) is 0 Å². The Morgan fingerprint density at radius 3 is 1.89 bits per heavy atom. The van der Waals surface area contributed by atoms with Crippen molar-refractivity contribution in [1.82, 2.24) is 0 Å². The molecule has 0 saturated carbocycles. The van der Waals surface area contributed by atoms with Crippen LogP contribution >= 0.6 is 0 Å². The number of halogens is 4. The smallest absolute Gasteiger partial charge is 0.194 e. The van der Waals surface area contributed by atoms with Gasteiger partial charge in [-0.15, -0.1) is 0 Å². The molecule has 2 aromatic carbocycles. The number of hydrogen-bond donors (Lipinski definition) is 0. The summed E-state index contributed by atoms with van der Waals surface area (Å²) in [6.45, 7) is 0. The van der Waals surface area contributed by atoms with Gasteiger partial charge in [0.15, 0.2) is 17.5 Å². The minimum absolute atomic E-state index is 0.0233. The minimum atomic E-state index is -1.59. The van der Waals surface area contributed by atoms with Crippen molar-refractivity contribution in [1.29, 1.82) is 0 Å². The Bertz CT molecular complexity index is 599. The van der Waals surface area contributed by atoms with Crippen molar-refractivity contribution in [3.8, 4) is 11.1 Å². The van der Waals surface area contributed by atoms with E-state index in [-0.39, 0.29) is 16.7 Å². The molecule has 0 bridgehead atoms. The summed E-state index contributed by atoms with van der Waals surface area (Å²) in [5, 5.41) is 0. The first-order valence-electron chi connectivity index (χ1n) is 4.92. The lowest BCUT2D eigenvalue weighted by Crippen LogP contribution is -1.93. The van der Waals surface area contributed by atoms with Crippen LogP contribution in [0.1, 0.15) is 10.4 Å². The normalized spacial score (nSPS) is 10.4. The van der Waals surface area contributed by atoms with E-state index in [4.69, 9.17) is 0 Å². The molecule has 0 aliphatic rings. The number of hydrogen-bond acceptors (Lipinski definition) is 1. The van der Waals surface area contributed by atoms with Gasteiger partial charge >= 0.3 is 0 Å². The zero-order valence-electron chi connectivity index (χ0n) is 8.88. The number of aldehydes is 1. The molecule has 0 aliphatic heterocycles. The number of rotatable bonds is 2. The summed E-state index contributed by atoms with van der Waals surface area (Å²) in [6.07, 6.45) is 0.406. The van der Waals surface area contributed by atoms with E-state index in [1.165, 1.54) is 6.07 Å². The monoisotopic (exact) mass is 254 g/mol. The van der Waals surface area contributed by atoms with Gasteiger partial charge in [-0.2, -0.15) is 0 Å². The molecule has 0 spiro atoms. The highest BCUT2D eigenvalue weighted by Crippen LogP contribution is 2.25. The zero-order chi connectivity index (χ0) is 13.3. The van der Waals surface area contributed by atoms with E-state index in [1.54, 1.807) is 0 Å². The predicted octanol–water partition coefficient (Wildman–Crippen LogP) is 3.72. The fourth-order valence-electron chi connectivity index (χ4n) is 1.57. The Kier molecular flexibility index (Phi) is 3.14. The third kappa shape index (κ3) is 2.25. The molecule has 2 rings (SSSR count). The van der Waals surface area contributed by atoms with Crippen LogP contribution in [0.15, 0.2) is 30.3 Å². The molecule has 18 heavy (non-hydrogen) atoms. The maximum absolute atomic E-state index is 13.2. The summed E-state index contributed by atoms with van der Waals surface area (Å²) >= 11 is 0. The summed E-state index contributed by atoms with van der Waals surface area (Å²) in [5.74, 6) is -5.06. The molecule has 0 amide bonds. The Morgan fingerprint density at radius 2 is 1.33 bits per heavy atom. The molecule has 0 N–H and O–H groups in total. The van der Waals surface area contributed by atoms with Gasteiger partial charge in [-0.3, -0.25) is 4.79 Å². The van der Waals surface area contributed by atoms with E-state index in [0.29, 0.717) is 6.29 Å². The molecule has 0 fully saturated rings. The van der Waals surface area contributed by atoms with Crippen LogP contribution in [0.4, 0.5) is 17.6 Å². The van der Waals surface area contributed by atoms with Gasteiger partial charge in [-0.05, 0) is 41.5 Å². The highest BCUT2D eigenvalue weighted by atomic mass is 19.2. The molecule has 0 aromatic heterocycles. The lowest BCUT2D eigenvalue weighted by atomic mass is 10.0. The standard InChI is InChI=1S/C13H6F4O/c14-10-2-7(6-18)1-8(3-10)9-4-11(15)13(17)12(16)5-9/h1-6H. The Balaban J connectivity index is 2.61. The molecule has 5 heteroatoms. The van der Waals surface area contributed by atoms with Gasteiger partial charge in [-0.1, -0.05) is 0 Å². The van der Waals surface area contributed by atoms with E-state index in [1.807, 2.05) is 0 Å². The second-order valence-corrected chi connectivity index (χ2v) is 3.64. The van der Waals surface area contributed by atoms with Crippen LogP contribution in [0.2, 0.25) is 0 Å². The highest BCUT2D eigenvalue weighted by Gasteiger charge is 2.12. The van der Waals surface area contributed by atoms with Crippen LogP contribution in [0.5, 0.6) is 0 Å². The van der Waals surface area contributed by atoms with Gasteiger partial charge < -0.3 is 0 Å². The van der Waals surface area contributed by atoms with Crippen molar-refractivity contribution in [2.75, 3.05) is 0 Å². The average Bonchev–Trinajstić information content (AvgIpc) is 2.34. The molecule has 0 saturated heterocycles. The quantitative estimate of drug-likeness (QED) is 0.453. The van der Waals surface area contributed by atoms with Crippen molar-refractivity contribution in [3.05, 3.63) is 59.2 Å². The first-order chi connectivity index (χ1) is 8.51. The second-order valence-electron chi connectivity index (χ2n) is 3.64. The topological polar surface area (TPSA) is 17.1 Å². The fourth-order valence-corrected chi connectivity index (χ4v) is 1.57. The molecule has 0 heterocycles. The number of carbonyl (C=O) groups excluding carboxylic acids is 1. The van der Waals surface area contributed by atoms with Gasteiger partial charge in [0.1, 0.15) is 12.1 Å². The van der Waals surface area contributed by atoms with Crippen molar-refractivity contribution in [2.45, 2.75) is 0 Å². The van der Waals surface area contributed by atoms with Crippen molar-refractivity contribution in [2.24, 2.45) is 0 Å². The summed E-state index contributed by atoms with van der Waals surface area (Å²) in [4.78, 5) is 10.6.